The number of ether oxygens (including phenoxy) is 2. The van der Waals surface area contributed by atoms with E-state index in [4.69, 9.17) is 9.47 Å². The lowest BCUT2D eigenvalue weighted by molar-refractivity contribution is -0.135. The summed E-state index contributed by atoms with van der Waals surface area (Å²) in [4.78, 5) is 25.6. The molecule has 24 heavy (non-hydrogen) atoms. The van der Waals surface area contributed by atoms with Crippen LogP contribution in [0.5, 0.6) is 0 Å². The van der Waals surface area contributed by atoms with Gasteiger partial charge in [-0.1, -0.05) is 30.3 Å². The summed E-state index contributed by atoms with van der Waals surface area (Å²) in [5, 5.41) is 2.94. The first-order valence-electron chi connectivity index (χ1n) is 8.29. The third-order valence-electron chi connectivity index (χ3n) is 3.48. The van der Waals surface area contributed by atoms with Crippen molar-refractivity contribution in [3.63, 3.8) is 0 Å². The van der Waals surface area contributed by atoms with E-state index in [1.165, 1.54) is 0 Å². The van der Waals surface area contributed by atoms with Crippen LogP contribution in [0.2, 0.25) is 0 Å². The number of likely N-dealkylation sites (N-methyl/N-ethyl adjacent to an activating group) is 1. The summed E-state index contributed by atoms with van der Waals surface area (Å²) in [7, 11) is 1.72. The second kappa shape index (κ2) is 11.6. The monoisotopic (exact) mass is 336 g/mol. The summed E-state index contributed by atoms with van der Waals surface area (Å²) in [6.45, 7) is 5.17. The molecule has 0 radical (unpaired) electrons. The normalized spacial score (nSPS) is 11.8. The average molecular weight is 336 g/mol. The Morgan fingerprint density at radius 1 is 1.08 bits per heavy atom. The van der Waals surface area contributed by atoms with Crippen LogP contribution in [0.15, 0.2) is 30.3 Å². The van der Waals surface area contributed by atoms with Crippen molar-refractivity contribution in [1.82, 2.24) is 10.2 Å². The molecule has 0 saturated carbocycles. The predicted octanol–water partition coefficient (Wildman–Crippen LogP) is 1.25. The molecule has 0 aliphatic rings. The Hall–Kier alpha value is -1.92. The first kappa shape index (κ1) is 20.1. The van der Waals surface area contributed by atoms with E-state index in [1.54, 1.807) is 11.9 Å². The van der Waals surface area contributed by atoms with Gasteiger partial charge in [0.1, 0.15) is 13.2 Å². The van der Waals surface area contributed by atoms with Gasteiger partial charge in [0, 0.05) is 26.8 Å². The molecule has 0 unspecified atom stereocenters. The highest BCUT2D eigenvalue weighted by Gasteiger charge is 2.18. The van der Waals surface area contributed by atoms with Crippen molar-refractivity contribution in [1.29, 1.82) is 0 Å². The number of nitrogens with zero attached hydrogens (tertiary/aromatic N) is 1. The smallest absolute Gasteiger partial charge is 0.248 e. The molecule has 134 valence electrons. The minimum Gasteiger partial charge on any atom is -0.372 e. The molecule has 0 heterocycles. The van der Waals surface area contributed by atoms with Crippen molar-refractivity contribution in [3.8, 4) is 0 Å². The maximum atomic E-state index is 12.0. The molecule has 6 heteroatoms. The number of rotatable bonds is 11. The highest BCUT2D eigenvalue weighted by atomic mass is 16.5. The van der Waals surface area contributed by atoms with E-state index < -0.39 is 0 Å². The highest BCUT2D eigenvalue weighted by Crippen LogP contribution is 2.05. The second-order valence-corrected chi connectivity index (χ2v) is 5.50. The number of carbonyl (C=O) groups excluding carboxylic acids is 2. The Morgan fingerprint density at radius 3 is 2.33 bits per heavy atom. The van der Waals surface area contributed by atoms with E-state index in [1.807, 2.05) is 44.2 Å². The summed E-state index contributed by atoms with van der Waals surface area (Å²) in [5.41, 5.74) is 1.10. The zero-order valence-corrected chi connectivity index (χ0v) is 14.8. The molecular weight excluding hydrogens is 308 g/mol. The van der Waals surface area contributed by atoms with Gasteiger partial charge in [0.05, 0.1) is 6.04 Å². The molecule has 1 atom stereocenters. The third kappa shape index (κ3) is 8.08. The van der Waals surface area contributed by atoms with Crippen LogP contribution in [0.3, 0.4) is 0 Å². The summed E-state index contributed by atoms with van der Waals surface area (Å²) >= 11 is 0. The summed E-state index contributed by atoms with van der Waals surface area (Å²) in [6, 6.07) is 9.68. The van der Waals surface area contributed by atoms with Gasteiger partial charge < -0.3 is 19.7 Å². The molecular formula is C18H28N2O4. The molecule has 0 aliphatic carbocycles. The molecule has 0 saturated heterocycles. The van der Waals surface area contributed by atoms with Crippen molar-refractivity contribution < 1.29 is 19.1 Å². The van der Waals surface area contributed by atoms with Crippen molar-refractivity contribution >= 4 is 11.8 Å². The quantitative estimate of drug-likeness (QED) is 0.660. The van der Waals surface area contributed by atoms with Gasteiger partial charge in [-0.05, 0) is 25.8 Å². The first-order valence-corrected chi connectivity index (χ1v) is 8.29. The standard InChI is InChI=1S/C18H28N2O4/c1-4-23-13-17(21)19-16(11-15-9-7-6-8-10-15)12-20(3)18(22)14-24-5-2/h6-10,16H,4-5,11-14H2,1-3H3,(H,19,21)/t16-/m0/s1. The Kier molecular flexibility index (Phi) is 9.72. The topological polar surface area (TPSA) is 67.9 Å². The predicted molar refractivity (Wildman–Crippen MR) is 92.7 cm³/mol. The van der Waals surface area contributed by atoms with Crippen molar-refractivity contribution in [2.75, 3.05) is 40.0 Å². The number of hydrogen-bond donors (Lipinski definition) is 1. The molecule has 0 spiro atoms. The van der Waals surface area contributed by atoms with Crippen LogP contribution in [-0.4, -0.2) is 62.8 Å². The maximum absolute atomic E-state index is 12.0. The molecule has 1 rings (SSSR count). The van der Waals surface area contributed by atoms with E-state index in [9.17, 15) is 9.59 Å². The van der Waals surface area contributed by atoms with Gasteiger partial charge in [0.15, 0.2) is 0 Å². The van der Waals surface area contributed by atoms with Crippen molar-refractivity contribution in [2.24, 2.45) is 0 Å². The van der Waals surface area contributed by atoms with Crippen LogP contribution in [0.25, 0.3) is 0 Å². The van der Waals surface area contributed by atoms with Crippen molar-refractivity contribution in [3.05, 3.63) is 35.9 Å². The van der Waals surface area contributed by atoms with E-state index in [-0.39, 0.29) is 31.1 Å². The lowest BCUT2D eigenvalue weighted by Gasteiger charge is -2.25. The number of carbonyl (C=O) groups is 2. The number of benzene rings is 1. The number of hydrogen-bond acceptors (Lipinski definition) is 4. The van der Waals surface area contributed by atoms with Crippen LogP contribution in [0.1, 0.15) is 19.4 Å². The lowest BCUT2D eigenvalue weighted by atomic mass is 10.1. The fourth-order valence-electron chi connectivity index (χ4n) is 2.26. The molecule has 0 fully saturated rings. The van der Waals surface area contributed by atoms with Crippen LogP contribution < -0.4 is 5.32 Å². The molecule has 0 bridgehead atoms. The van der Waals surface area contributed by atoms with Crippen LogP contribution in [0, 0.1) is 0 Å². The average Bonchev–Trinajstić information content (AvgIpc) is 2.58. The lowest BCUT2D eigenvalue weighted by Crippen LogP contribution is -2.47. The van der Waals surface area contributed by atoms with E-state index in [2.05, 4.69) is 5.32 Å². The van der Waals surface area contributed by atoms with Crippen molar-refractivity contribution in [2.45, 2.75) is 26.3 Å². The number of amides is 2. The van der Waals surface area contributed by atoms with Gasteiger partial charge >= 0.3 is 0 Å². The van der Waals surface area contributed by atoms with Gasteiger partial charge in [-0.25, -0.2) is 0 Å². The molecule has 1 aromatic rings. The zero-order valence-electron chi connectivity index (χ0n) is 14.8. The highest BCUT2D eigenvalue weighted by molar-refractivity contribution is 5.78. The number of nitrogens with one attached hydrogen (secondary N) is 1. The maximum Gasteiger partial charge on any atom is 0.248 e. The van der Waals surface area contributed by atoms with Gasteiger partial charge in [-0.2, -0.15) is 0 Å². The Morgan fingerprint density at radius 2 is 1.71 bits per heavy atom. The van der Waals surface area contributed by atoms with E-state index >= 15 is 0 Å². The molecule has 0 aliphatic heterocycles. The summed E-state index contributed by atoms with van der Waals surface area (Å²) in [5.74, 6) is -0.280. The fraction of sp³-hybridized carbons (Fsp3) is 0.556. The van der Waals surface area contributed by atoms with Gasteiger partial charge in [-0.3, -0.25) is 9.59 Å². The third-order valence-corrected chi connectivity index (χ3v) is 3.48. The molecule has 2 amide bonds. The summed E-state index contributed by atoms with van der Waals surface area (Å²) < 4.78 is 10.3. The Bertz CT molecular complexity index is 493. The van der Waals surface area contributed by atoms with Crippen LogP contribution in [0.4, 0.5) is 0 Å². The van der Waals surface area contributed by atoms with E-state index in [0.717, 1.165) is 5.56 Å². The Labute approximate surface area is 144 Å². The SMILES string of the molecule is CCOCC(=O)N[C@@H](Cc1ccccc1)CN(C)C(=O)COCC. The van der Waals surface area contributed by atoms with Gasteiger partial charge in [0.25, 0.3) is 0 Å². The van der Waals surface area contributed by atoms with Gasteiger partial charge in [-0.15, -0.1) is 0 Å². The molecule has 6 nitrogen and oxygen atoms in total. The van der Waals surface area contributed by atoms with Gasteiger partial charge in [0.2, 0.25) is 11.8 Å². The zero-order chi connectivity index (χ0) is 17.8. The van der Waals surface area contributed by atoms with Crippen LogP contribution in [-0.2, 0) is 25.5 Å². The minimum atomic E-state index is -0.184. The van der Waals surface area contributed by atoms with E-state index in [0.29, 0.717) is 26.2 Å². The minimum absolute atomic E-state index is 0.0262. The molecule has 1 N–H and O–H groups in total. The summed E-state index contributed by atoms with van der Waals surface area (Å²) in [6.07, 6.45) is 0.644. The second-order valence-electron chi connectivity index (χ2n) is 5.50. The fourth-order valence-corrected chi connectivity index (χ4v) is 2.26. The molecule has 1 aromatic carbocycles. The largest absolute Gasteiger partial charge is 0.372 e. The Balaban J connectivity index is 2.65. The first-order chi connectivity index (χ1) is 11.6. The molecule has 0 aromatic heterocycles. The van der Waals surface area contributed by atoms with Crippen LogP contribution >= 0.6 is 0 Å².